The number of carboxylic acids is 2. The molecule has 0 aliphatic heterocycles. The number of aliphatic carboxylic acids is 2. The first-order valence-electron chi connectivity index (χ1n) is 15.6. The zero-order chi connectivity index (χ0) is 35.1. The van der Waals surface area contributed by atoms with Crippen LogP contribution in [0.3, 0.4) is 0 Å². The van der Waals surface area contributed by atoms with Gasteiger partial charge in [0.05, 0.1) is 0 Å². The fraction of sp³-hybridized carbons (Fsp3) is 0.568. The Hall–Kier alpha value is -3.17. The summed E-state index contributed by atoms with van der Waals surface area (Å²) < 4.78 is 0. The van der Waals surface area contributed by atoms with Crippen LogP contribution in [0.25, 0.3) is 0 Å². The summed E-state index contributed by atoms with van der Waals surface area (Å²) in [6.07, 6.45) is 6.34. The van der Waals surface area contributed by atoms with Gasteiger partial charge in [-0.05, 0) is 79.0 Å². The molecule has 0 atom stereocenters. The molecule has 0 saturated heterocycles. The fourth-order valence-corrected chi connectivity index (χ4v) is 4.54. The Morgan fingerprint density at radius 3 is 1.22 bits per heavy atom. The summed E-state index contributed by atoms with van der Waals surface area (Å²) in [5, 5.41) is 39.6. The van der Waals surface area contributed by atoms with Gasteiger partial charge in [0, 0.05) is 59.7 Å². The molecule has 0 aromatic heterocycles. The Kier molecular flexibility index (Phi) is 20.4. The van der Waals surface area contributed by atoms with E-state index in [1.165, 1.54) is 11.1 Å². The second-order valence-corrected chi connectivity index (χ2v) is 14.3. The normalized spacial score (nSPS) is 11.6. The van der Waals surface area contributed by atoms with Crippen LogP contribution < -0.4 is 10.2 Å². The van der Waals surface area contributed by atoms with Crippen molar-refractivity contribution in [1.82, 2.24) is 0 Å². The van der Waals surface area contributed by atoms with Crippen LogP contribution in [0.5, 0.6) is 11.5 Å². The number of hydrogen-bond acceptors (Lipinski definition) is 8. The van der Waals surface area contributed by atoms with Gasteiger partial charge in [-0.1, -0.05) is 81.4 Å². The molecule has 9 heteroatoms. The molecule has 0 unspecified atom stereocenters. The monoisotopic (exact) mass is 683 g/mol. The minimum atomic E-state index is -1.08. The molecule has 2 N–H and O–H groups in total. The van der Waals surface area contributed by atoms with E-state index < -0.39 is 11.9 Å². The van der Waals surface area contributed by atoms with E-state index in [1.807, 2.05) is 0 Å². The van der Waals surface area contributed by atoms with E-state index in [0.717, 1.165) is 55.4 Å². The first kappa shape index (κ1) is 45.0. The molecule has 259 valence electrons. The number of carboxylic acid groups (broad SMARTS) is 2. The second-order valence-electron chi connectivity index (χ2n) is 14.3. The number of phenols is 2. The molecule has 0 bridgehead atoms. The summed E-state index contributed by atoms with van der Waals surface area (Å²) in [7, 11) is 0. The molecular weight excluding hydrogens is 627 g/mol. The Morgan fingerprint density at radius 2 is 0.978 bits per heavy atom. The van der Waals surface area contributed by atoms with Crippen LogP contribution in [0, 0.1) is 11.8 Å². The number of aromatic hydroxyl groups is 2. The molecule has 0 aliphatic rings. The Labute approximate surface area is 287 Å². The van der Waals surface area contributed by atoms with Crippen LogP contribution in [0.2, 0.25) is 0 Å². The minimum Gasteiger partial charge on any atom is -0.550 e. The number of carbonyl (C=O) groups excluding carboxylic acids is 2. The predicted octanol–water partition coefficient (Wildman–Crippen LogP) is 5.53. The van der Waals surface area contributed by atoms with E-state index in [1.54, 1.807) is 12.4 Å². The molecule has 0 saturated carbocycles. The maximum absolute atomic E-state index is 10.9. The average Bonchev–Trinajstić information content (AvgIpc) is 2.83. The molecule has 0 fully saturated rings. The third kappa shape index (κ3) is 18.7. The third-order valence-corrected chi connectivity index (χ3v) is 6.34. The van der Waals surface area contributed by atoms with Crippen molar-refractivity contribution >= 4 is 24.4 Å². The number of rotatable bonds is 10. The van der Waals surface area contributed by atoms with Crippen LogP contribution in [0.4, 0.5) is 0 Å². The van der Waals surface area contributed by atoms with E-state index in [9.17, 15) is 10.2 Å². The molecule has 2 rings (SSSR count). The molecule has 2 aromatic carbocycles. The molecule has 0 spiro atoms. The topological polar surface area (TPSA) is 145 Å². The number of hydrogen-bond donors (Lipinski definition) is 2. The van der Waals surface area contributed by atoms with Crippen LogP contribution in [0.1, 0.15) is 123 Å². The number of carbonyl (C=O) groups is 2. The fourth-order valence-electron chi connectivity index (χ4n) is 4.54. The summed E-state index contributed by atoms with van der Waals surface area (Å²) in [6.45, 7) is 24.8. The van der Waals surface area contributed by atoms with Crippen LogP contribution in [-0.2, 0) is 50.0 Å². The summed E-state index contributed by atoms with van der Waals surface area (Å²) in [5.41, 5.74) is 5.69. The van der Waals surface area contributed by atoms with Crippen molar-refractivity contribution in [3.63, 3.8) is 0 Å². The van der Waals surface area contributed by atoms with Gasteiger partial charge in [0.1, 0.15) is 11.5 Å². The maximum atomic E-state index is 10.9. The van der Waals surface area contributed by atoms with Crippen molar-refractivity contribution in [2.75, 3.05) is 13.1 Å². The van der Waals surface area contributed by atoms with Gasteiger partial charge < -0.3 is 30.0 Å². The molecule has 8 nitrogen and oxygen atoms in total. The summed E-state index contributed by atoms with van der Waals surface area (Å²) in [4.78, 5) is 27.0. The molecule has 0 aliphatic carbocycles. The summed E-state index contributed by atoms with van der Waals surface area (Å²) >= 11 is 0. The zero-order valence-electron chi connectivity index (χ0n) is 29.9. The maximum Gasteiger partial charge on any atom is 2.00 e. The molecule has 2 aromatic rings. The van der Waals surface area contributed by atoms with Gasteiger partial charge in [0.25, 0.3) is 0 Å². The van der Waals surface area contributed by atoms with Crippen molar-refractivity contribution in [1.29, 1.82) is 0 Å². The Morgan fingerprint density at radius 1 is 0.696 bits per heavy atom. The first-order valence-corrected chi connectivity index (χ1v) is 15.6. The van der Waals surface area contributed by atoms with Crippen LogP contribution >= 0.6 is 0 Å². The number of aliphatic imine (C=N–C) groups is 2. The molecule has 1 radical (unpaired) electrons. The van der Waals surface area contributed by atoms with Crippen molar-refractivity contribution < 1.29 is 46.8 Å². The number of phenolic OH excluding ortho intramolecular Hbond substituents is 2. The quantitative estimate of drug-likeness (QED) is 0.249. The molecule has 0 heterocycles. The van der Waals surface area contributed by atoms with E-state index in [4.69, 9.17) is 19.8 Å². The minimum absolute atomic E-state index is 0. The van der Waals surface area contributed by atoms with Gasteiger partial charge in [-0.25, -0.2) is 0 Å². The van der Waals surface area contributed by atoms with Gasteiger partial charge in [0.2, 0.25) is 0 Å². The summed E-state index contributed by atoms with van der Waals surface area (Å²) in [6, 6.07) is 8.40. The molecular formula is C37H56CoN2O6. The number of benzene rings is 2. The van der Waals surface area contributed by atoms with E-state index >= 15 is 0 Å². The van der Waals surface area contributed by atoms with Gasteiger partial charge in [-0.15, -0.1) is 0 Å². The second kappa shape index (κ2) is 20.8. The van der Waals surface area contributed by atoms with Gasteiger partial charge >= 0.3 is 16.8 Å². The Balaban J connectivity index is 0. The van der Waals surface area contributed by atoms with Crippen molar-refractivity contribution in [3.05, 3.63) is 57.6 Å². The zero-order valence-corrected chi connectivity index (χ0v) is 31.0. The van der Waals surface area contributed by atoms with Crippen molar-refractivity contribution in [2.24, 2.45) is 21.8 Å². The smallest absolute Gasteiger partial charge is 0.550 e. The van der Waals surface area contributed by atoms with Crippen LogP contribution in [-0.4, -0.2) is 47.7 Å². The van der Waals surface area contributed by atoms with E-state index in [2.05, 4.69) is 103 Å². The average molecular weight is 684 g/mol. The van der Waals surface area contributed by atoms with Crippen molar-refractivity contribution in [2.45, 2.75) is 113 Å². The van der Waals surface area contributed by atoms with Crippen LogP contribution in [0.15, 0.2) is 34.3 Å². The Bertz CT molecular complexity index is 1190. The summed E-state index contributed by atoms with van der Waals surface area (Å²) in [5.74, 6) is -0.420. The van der Waals surface area contributed by atoms with Gasteiger partial charge in [-0.2, -0.15) is 0 Å². The van der Waals surface area contributed by atoms with E-state index in [0.29, 0.717) is 36.4 Å². The standard InChI is InChI=1S/C33H50N2O2.2C2H4O2.Co/c1-22(2)14-24-16-26(30(36)28(18-24)32(5,6)7)20-34-12-11-13-35-21-27-17-25(15-23(3)4)19-29(31(27)37)33(8,9)10;2*1-2(3)4;/h16-23,36-37H,11-15H2,1-10H3;2*1H3,(H,3,4);/q;;;+2/p-2. The predicted molar refractivity (Wildman–Crippen MR) is 182 cm³/mol. The van der Waals surface area contributed by atoms with E-state index in [-0.39, 0.29) is 27.6 Å². The van der Waals surface area contributed by atoms with Gasteiger partial charge in [-0.3, -0.25) is 9.98 Å². The molecule has 0 amide bonds. The largest absolute Gasteiger partial charge is 2.00 e. The first-order chi connectivity index (χ1) is 20.6. The van der Waals surface area contributed by atoms with Gasteiger partial charge in [0.15, 0.2) is 0 Å². The number of nitrogens with zero attached hydrogens (tertiary/aromatic N) is 2. The third-order valence-electron chi connectivity index (χ3n) is 6.34. The van der Waals surface area contributed by atoms with Crippen molar-refractivity contribution in [3.8, 4) is 11.5 Å². The SMILES string of the molecule is CC(=O)[O-].CC(=O)[O-].CC(C)Cc1cc(C=NCCCN=Cc2cc(CC(C)C)cc(C(C)(C)C)c2O)c(O)c(C(C)(C)C)c1.[Co+2]. The molecule has 46 heavy (non-hydrogen) atoms.